The van der Waals surface area contributed by atoms with Gasteiger partial charge in [-0.1, -0.05) is 18.2 Å². The molecule has 0 aliphatic heterocycles. The fraction of sp³-hybridized carbons (Fsp3) is 0.120. The van der Waals surface area contributed by atoms with Gasteiger partial charge in [-0.15, -0.1) is 0 Å². The predicted molar refractivity (Wildman–Crippen MR) is 126 cm³/mol. The SMILES string of the molecule is COc1cc(Nc2ccnc(-c3ccc4[nH]c5ccccc5c4c3)n2)cc(OC)c1OC. The largest absolute Gasteiger partial charge is 0.493 e. The smallest absolute Gasteiger partial charge is 0.203 e. The van der Waals surface area contributed by atoms with Crippen LogP contribution in [0.4, 0.5) is 11.5 Å². The summed E-state index contributed by atoms with van der Waals surface area (Å²) in [5.74, 6) is 2.95. The Labute approximate surface area is 185 Å². The molecule has 5 aromatic rings. The quantitative estimate of drug-likeness (QED) is 0.371. The number of hydrogen-bond acceptors (Lipinski definition) is 6. The van der Waals surface area contributed by atoms with E-state index >= 15 is 0 Å². The van der Waals surface area contributed by atoms with Crippen LogP contribution in [0.25, 0.3) is 33.2 Å². The van der Waals surface area contributed by atoms with E-state index in [-0.39, 0.29) is 0 Å². The molecule has 2 N–H and O–H groups in total. The normalized spacial score (nSPS) is 11.0. The molecule has 2 aromatic heterocycles. The number of rotatable bonds is 6. The summed E-state index contributed by atoms with van der Waals surface area (Å²) < 4.78 is 16.3. The number of H-pyrrole nitrogens is 1. The zero-order valence-corrected chi connectivity index (χ0v) is 18.0. The van der Waals surface area contributed by atoms with E-state index in [0.29, 0.717) is 28.9 Å². The highest BCUT2D eigenvalue weighted by Gasteiger charge is 2.14. The molecule has 0 radical (unpaired) electrons. The number of aromatic amines is 1. The summed E-state index contributed by atoms with van der Waals surface area (Å²) in [7, 11) is 4.75. The Hall–Kier alpha value is -4.26. The van der Waals surface area contributed by atoms with E-state index in [2.05, 4.69) is 39.6 Å². The first-order chi connectivity index (χ1) is 15.7. The lowest BCUT2D eigenvalue weighted by atomic mass is 10.1. The minimum atomic E-state index is 0.538. The third-order valence-corrected chi connectivity index (χ3v) is 5.36. The van der Waals surface area contributed by atoms with E-state index in [1.807, 2.05) is 36.4 Å². The van der Waals surface area contributed by atoms with Gasteiger partial charge in [0.15, 0.2) is 17.3 Å². The van der Waals surface area contributed by atoms with E-state index < -0.39 is 0 Å². The molecule has 0 atom stereocenters. The molecule has 0 saturated carbocycles. The first kappa shape index (κ1) is 19.7. The van der Waals surface area contributed by atoms with Crippen molar-refractivity contribution in [3.05, 3.63) is 66.9 Å². The summed E-state index contributed by atoms with van der Waals surface area (Å²) >= 11 is 0. The third-order valence-electron chi connectivity index (χ3n) is 5.36. The van der Waals surface area contributed by atoms with Crippen LogP contribution in [0, 0.1) is 0 Å². The lowest BCUT2D eigenvalue weighted by Crippen LogP contribution is -2.00. The molecule has 0 bridgehead atoms. The van der Waals surface area contributed by atoms with Gasteiger partial charge in [-0.05, 0) is 30.3 Å². The van der Waals surface area contributed by atoms with Crippen molar-refractivity contribution in [1.29, 1.82) is 0 Å². The summed E-state index contributed by atoms with van der Waals surface area (Å²) in [4.78, 5) is 12.6. The van der Waals surface area contributed by atoms with Gasteiger partial charge in [0.05, 0.1) is 21.3 Å². The Morgan fingerprint density at radius 2 is 1.53 bits per heavy atom. The molecule has 0 aliphatic rings. The third kappa shape index (κ3) is 3.43. The average molecular weight is 426 g/mol. The topological polar surface area (TPSA) is 81.3 Å². The molecule has 0 aliphatic carbocycles. The molecule has 160 valence electrons. The summed E-state index contributed by atoms with van der Waals surface area (Å²) in [5.41, 5.74) is 3.90. The second-order valence-electron chi connectivity index (χ2n) is 7.24. The summed E-state index contributed by atoms with van der Waals surface area (Å²) in [6.07, 6.45) is 1.74. The Balaban J connectivity index is 1.51. The highest BCUT2D eigenvalue weighted by Crippen LogP contribution is 2.40. The van der Waals surface area contributed by atoms with Gasteiger partial charge < -0.3 is 24.5 Å². The highest BCUT2D eigenvalue weighted by molar-refractivity contribution is 6.08. The summed E-state index contributed by atoms with van der Waals surface area (Å²) in [6.45, 7) is 0. The van der Waals surface area contributed by atoms with Crippen molar-refractivity contribution in [3.63, 3.8) is 0 Å². The molecule has 0 saturated heterocycles. The number of hydrogen-bond donors (Lipinski definition) is 2. The predicted octanol–water partition coefficient (Wildman–Crippen LogP) is 5.55. The van der Waals surface area contributed by atoms with Gasteiger partial charge in [0.1, 0.15) is 5.82 Å². The number of nitrogens with one attached hydrogen (secondary N) is 2. The van der Waals surface area contributed by atoms with Crippen molar-refractivity contribution >= 4 is 33.3 Å². The maximum absolute atomic E-state index is 5.44. The Kier molecular flexibility index (Phi) is 4.99. The van der Waals surface area contributed by atoms with E-state index in [1.165, 1.54) is 5.39 Å². The fourth-order valence-corrected chi connectivity index (χ4v) is 3.86. The number of methoxy groups -OCH3 is 3. The van der Waals surface area contributed by atoms with Crippen molar-refractivity contribution in [2.75, 3.05) is 26.6 Å². The second-order valence-corrected chi connectivity index (χ2v) is 7.24. The van der Waals surface area contributed by atoms with Crippen LogP contribution >= 0.6 is 0 Å². The maximum atomic E-state index is 5.44. The van der Waals surface area contributed by atoms with E-state index in [1.54, 1.807) is 27.5 Å². The zero-order valence-electron chi connectivity index (χ0n) is 18.0. The average Bonchev–Trinajstić information content (AvgIpc) is 3.21. The lowest BCUT2D eigenvalue weighted by molar-refractivity contribution is 0.324. The lowest BCUT2D eigenvalue weighted by Gasteiger charge is -2.15. The number of fused-ring (bicyclic) bond motifs is 3. The van der Waals surface area contributed by atoms with Crippen LogP contribution in [0.2, 0.25) is 0 Å². The number of nitrogens with zero attached hydrogens (tertiary/aromatic N) is 2. The standard InChI is InChI=1S/C25H22N4O3/c1-30-21-13-16(14-22(31-2)24(21)32-3)27-23-10-11-26-25(29-23)15-8-9-20-18(12-15)17-6-4-5-7-19(17)28-20/h4-14,28H,1-3H3,(H,26,27,29). The number of aromatic nitrogens is 3. The Morgan fingerprint density at radius 1 is 0.781 bits per heavy atom. The van der Waals surface area contributed by atoms with E-state index in [9.17, 15) is 0 Å². The molecular formula is C25H22N4O3. The zero-order chi connectivity index (χ0) is 22.1. The van der Waals surface area contributed by atoms with Crippen molar-refractivity contribution < 1.29 is 14.2 Å². The number of benzene rings is 3. The molecule has 7 nitrogen and oxygen atoms in total. The highest BCUT2D eigenvalue weighted by atomic mass is 16.5. The summed E-state index contributed by atoms with van der Waals surface area (Å²) in [6, 6.07) is 19.9. The molecule has 0 fully saturated rings. The molecule has 0 spiro atoms. The van der Waals surface area contributed by atoms with Crippen LogP contribution in [0.1, 0.15) is 0 Å². The molecule has 2 heterocycles. The summed E-state index contributed by atoms with van der Waals surface area (Å²) in [5, 5.41) is 5.62. The first-order valence-corrected chi connectivity index (χ1v) is 10.1. The van der Waals surface area contributed by atoms with Crippen LogP contribution in [0.3, 0.4) is 0 Å². The van der Waals surface area contributed by atoms with E-state index in [0.717, 1.165) is 27.7 Å². The van der Waals surface area contributed by atoms with Crippen LogP contribution in [0.5, 0.6) is 17.2 Å². The van der Waals surface area contributed by atoms with Crippen molar-refractivity contribution in [3.8, 4) is 28.6 Å². The number of para-hydroxylation sites is 1. The van der Waals surface area contributed by atoms with Crippen LogP contribution in [-0.2, 0) is 0 Å². The molecule has 32 heavy (non-hydrogen) atoms. The number of anilines is 2. The monoisotopic (exact) mass is 426 g/mol. The Morgan fingerprint density at radius 3 is 2.28 bits per heavy atom. The van der Waals surface area contributed by atoms with Gasteiger partial charge in [0, 0.05) is 51.4 Å². The van der Waals surface area contributed by atoms with Crippen molar-refractivity contribution in [2.24, 2.45) is 0 Å². The van der Waals surface area contributed by atoms with Crippen LogP contribution in [0.15, 0.2) is 66.9 Å². The Bertz CT molecular complexity index is 1400. The van der Waals surface area contributed by atoms with Crippen LogP contribution in [-0.4, -0.2) is 36.3 Å². The minimum absolute atomic E-state index is 0.538. The fourth-order valence-electron chi connectivity index (χ4n) is 3.86. The van der Waals surface area contributed by atoms with Gasteiger partial charge in [-0.25, -0.2) is 9.97 Å². The van der Waals surface area contributed by atoms with Gasteiger partial charge in [0.2, 0.25) is 5.75 Å². The van der Waals surface area contributed by atoms with Gasteiger partial charge >= 0.3 is 0 Å². The molecule has 0 amide bonds. The minimum Gasteiger partial charge on any atom is -0.493 e. The second kappa shape index (κ2) is 8.11. The van der Waals surface area contributed by atoms with Gasteiger partial charge in [-0.2, -0.15) is 0 Å². The first-order valence-electron chi connectivity index (χ1n) is 10.1. The van der Waals surface area contributed by atoms with Gasteiger partial charge in [-0.3, -0.25) is 0 Å². The molecule has 0 unspecified atom stereocenters. The number of ether oxygens (including phenoxy) is 3. The molecule has 3 aromatic carbocycles. The maximum Gasteiger partial charge on any atom is 0.203 e. The van der Waals surface area contributed by atoms with Crippen molar-refractivity contribution in [2.45, 2.75) is 0 Å². The van der Waals surface area contributed by atoms with Crippen molar-refractivity contribution in [1.82, 2.24) is 15.0 Å². The molecular weight excluding hydrogens is 404 g/mol. The molecule has 7 heteroatoms. The van der Waals surface area contributed by atoms with Crippen LogP contribution < -0.4 is 19.5 Å². The van der Waals surface area contributed by atoms with E-state index in [4.69, 9.17) is 19.2 Å². The van der Waals surface area contributed by atoms with Gasteiger partial charge in [0.25, 0.3) is 0 Å². The molecule has 5 rings (SSSR count).